The number of halogens is 8. The molecule has 0 spiro atoms. The van der Waals surface area contributed by atoms with Crippen molar-refractivity contribution < 1.29 is 0 Å². The Morgan fingerprint density at radius 2 is 1.15 bits per heavy atom. The second-order valence-corrected chi connectivity index (χ2v) is 15.2. The average molecular weight is 868 g/mol. The molecule has 2 aromatic carbocycles. The summed E-state index contributed by atoms with van der Waals surface area (Å²) in [7, 11) is 0. The summed E-state index contributed by atoms with van der Waals surface area (Å²) >= 11 is 30.7. The van der Waals surface area contributed by atoms with E-state index in [4.69, 9.17) is 0 Å². The highest BCUT2D eigenvalue weighted by molar-refractivity contribution is 9.25. The predicted octanol–water partition coefficient (Wildman–Crippen LogP) is 10.5. The largest absolute Gasteiger partial charge is 0.113 e. The van der Waals surface area contributed by atoms with Gasteiger partial charge in [-0.3, -0.25) is 0 Å². The van der Waals surface area contributed by atoms with Crippen LogP contribution in [0.25, 0.3) is 0 Å². The fourth-order valence-corrected chi connectivity index (χ4v) is 9.65. The Balaban J connectivity index is 2.57. The van der Waals surface area contributed by atoms with Crippen molar-refractivity contribution in [1.82, 2.24) is 0 Å². The van der Waals surface area contributed by atoms with E-state index in [0.29, 0.717) is 0 Å². The monoisotopic (exact) mass is 859 g/mol. The number of hydrogen-bond donors (Lipinski definition) is 0. The standard InChI is InChI=1S/C18H12Br8/c1-16(2)17(3,7-5-4-6-8(19)11(7)20)9-10(18(16,25)26)13(22)15(24)14(23)12(9)21/h4-6H,1-3H3. The minimum Gasteiger partial charge on any atom is -0.0667 e. The minimum atomic E-state index is -0.427. The maximum atomic E-state index is 4.03. The molecule has 0 radical (unpaired) electrons. The van der Waals surface area contributed by atoms with Crippen LogP contribution in [0.3, 0.4) is 0 Å². The van der Waals surface area contributed by atoms with E-state index in [2.05, 4.69) is 166 Å². The third-order valence-electron chi connectivity index (χ3n) is 5.61. The molecule has 0 fully saturated rings. The Hall–Kier alpha value is 2.28. The van der Waals surface area contributed by atoms with Crippen LogP contribution in [0, 0.1) is 5.41 Å². The van der Waals surface area contributed by atoms with Gasteiger partial charge >= 0.3 is 0 Å². The molecular weight excluding hydrogens is 855 g/mol. The molecule has 0 N–H and O–H groups in total. The van der Waals surface area contributed by atoms with Crippen LogP contribution in [0.4, 0.5) is 0 Å². The molecule has 2 aromatic rings. The van der Waals surface area contributed by atoms with E-state index in [9.17, 15) is 0 Å². The SMILES string of the molecule is CC1(c2cccc(Br)c2Br)c2c(Br)c(Br)c(Br)c(Br)c2C(Br)(Br)C1(C)C. The maximum absolute atomic E-state index is 4.03. The van der Waals surface area contributed by atoms with E-state index in [1.807, 2.05) is 0 Å². The van der Waals surface area contributed by atoms with Crippen molar-refractivity contribution in [3.63, 3.8) is 0 Å². The van der Waals surface area contributed by atoms with Crippen LogP contribution < -0.4 is 0 Å². The third kappa shape index (κ3) is 2.89. The first-order valence-electron chi connectivity index (χ1n) is 7.51. The van der Waals surface area contributed by atoms with Gasteiger partial charge in [-0.1, -0.05) is 64.8 Å². The van der Waals surface area contributed by atoms with Crippen molar-refractivity contribution in [3.8, 4) is 0 Å². The highest BCUT2D eigenvalue weighted by atomic mass is 79.9. The lowest BCUT2D eigenvalue weighted by atomic mass is 9.63. The van der Waals surface area contributed by atoms with Gasteiger partial charge in [-0.05, 0) is 113 Å². The van der Waals surface area contributed by atoms with Gasteiger partial charge in [0.2, 0.25) is 0 Å². The van der Waals surface area contributed by atoms with Crippen molar-refractivity contribution in [2.45, 2.75) is 29.4 Å². The van der Waals surface area contributed by atoms with Crippen LogP contribution in [0.2, 0.25) is 0 Å². The normalized spacial score (nSPS) is 23.2. The molecule has 26 heavy (non-hydrogen) atoms. The Kier molecular flexibility index (Phi) is 6.58. The lowest BCUT2D eigenvalue weighted by Gasteiger charge is -2.45. The first kappa shape index (κ1) is 23.0. The summed E-state index contributed by atoms with van der Waals surface area (Å²) in [5, 5.41) is 0. The van der Waals surface area contributed by atoms with Gasteiger partial charge in [0.25, 0.3) is 0 Å². The van der Waals surface area contributed by atoms with Gasteiger partial charge in [-0.15, -0.1) is 0 Å². The number of fused-ring (bicyclic) bond motifs is 1. The summed E-state index contributed by atoms with van der Waals surface area (Å²) in [4.78, 5) is 0. The summed E-state index contributed by atoms with van der Waals surface area (Å²) in [5.41, 5.74) is 3.12. The lowest BCUT2D eigenvalue weighted by Crippen LogP contribution is -2.42. The Bertz CT molecular complexity index is 932. The van der Waals surface area contributed by atoms with Crippen LogP contribution in [0.1, 0.15) is 37.5 Å². The summed E-state index contributed by atoms with van der Waals surface area (Å²) in [6.07, 6.45) is 0. The molecule has 0 heterocycles. The first-order valence-corrected chi connectivity index (χ1v) is 13.8. The molecule has 0 saturated heterocycles. The highest BCUT2D eigenvalue weighted by Crippen LogP contribution is 2.73. The fraction of sp³-hybridized carbons (Fsp3) is 0.333. The molecule has 8 heteroatoms. The molecule has 0 saturated carbocycles. The Labute approximate surface area is 221 Å². The second-order valence-electron chi connectivity index (χ2n) is 6.93. The zero-order valence-electron chi connectivity index (χ0n) is 13.8. The fourth-order valence-electron chi connectivity index (χ4n) is 3.70. The summed E-state index contributed by atoms with van der Waals surface area (Å²) in [5.74, 6) is 0. The molecule has 0 bridgehead atoms. The maximum Gasteiger partial charge on any atom is 0.113 e. The molecule has 3 rings (SSSR count). The average Bonchev–Trinajstić information content (AvgIpc) is 2.68. The molecule has 0 amide bonds. The smallest absolute Gasteiger partial charge is 0.0667 e. The van der Waals surface area contributed by atoms with Crippen molar-refractivity contribution in [2.24, 2.45) is 5.41 Å². The van der Waals surface area contributed by atoms with E-state index >= 15 is 0 Å². The van der Waals surface area contributed by atoms with E-state index in [1.165, 1.54) is 16.7 Å². The van der Waals surface area contributed by atoms with Gasteiger partial charge < -0.3 is 0 Å². The zero-order valence-corrected chi connectivity index (χ0v) is 26.4. The molecule has 1 aliphatic carbocycles. The second kappa shape index (κ2) is 7.45. The van der Waals surface area contributed by atoms with Crippen LogP contribution in [-0.4, -0.2) is 0 Å². The number of rotatable bonds is 1. The van der Waals surface area contributed by atoms with Crippen LogP contribution in [-0.2, 0) is 8.65 Å². The number of benzene rings is 2. The first-order chi connectivity index (χ1) is 11.8. The minimum absolute atomic E-state index is 0.211. The van der Waals surface area contributed by atoms with E-state index < -0.39 is 3.23 Å². The van der Waals surface area contributed by atoms with Gasteiger partial charge in [0.15, 0.2) is 0 Å². The molecule has 0 aromatic heterocycles. The molecular formula is C18H12Br8. The Morgan fingerprint density at radius 3 is 1.69 bits per heavy atom. The van der Waals surface area contributed by atoms with Gasteiger partial charge in [0, 0.05) is 43.2 Å². The molecule has 0 aliphatic heterocycles. The van der Waals surface area contributed by atoms with Crippen molar-refractivity contribution in [2.75, 3.05) is 0 Å². The molecule has 140 valence electrons. The van der Waals surface area contributed by atoms with Gasteiger partial charge in [-0.25, -0.2) is 0 Å². The molecule has 0 nitrogen and oxygen atoms in total. The van der Waals surface area contributed by atoms with Gasteiger partial charge in [-0.2, -0.15) is 0 Å². The number of hydrogen-bond acceptors (Lipinski definition) is 0. The van der Waals surface area contributed by atoms with Gasteiger partial charge in [0.1, 0.15) is 3.23 Å². The molecule has 1 unspecified atom stereocenters. The van der Waals surface area contributed by atoms with E-state index in [-0.39, 0.29) is 10.8 Å². The van der Waals surface area contributed by atoms with Crippen molar-refractivity contribution in [3.05, 3.63) is 61.7 Å². The van der Waals surface area contributed by atoms with E-state index in [0.717, 1.165) is 26.8 Å². The predicted molar refractivity (Wildman–Crippen MR) is 139 cm³/mol. The quantitative estimate of drug-likeness (QED) is 0.152. The summed E-state index contributed by atoms with van der Waals surface area (Å²) in [6.45, 7) is 6.87. The number of alkyl halides is 2. The Morgan fingerprint density at radius 1 is 0.654 bits per heavy atom. The van der Waals surface area contributed by atoms with Crippen molar-refractivity contribution >= 4 is 127 Å². The topological polar surface area (TPSA) is 0 Å². The summed E-state index contributed by atoms with van der Waals surface area (Å²) in [6, 6.07) is 6.33. The molecule has 1 atom stereocenters. The molecule has 1 aliphatic rings. The van der Waals surface area contributed by atoms with Crippen molar-refractivity contribution in [1.29, 1.82) is 0 Å². The van der Waals surface area contributed by atoms with Crippen LogP contribution in [0.5, 0.6) is 0 Å². The van der Waals surface area contributed by atoms with Crippen LogP contribution in [0.15, 0.2) is 45.0 Å². The van der Waals surface area contributed by atoms with Crippen LogP contribution >= 0.6 is 127 Å². The third-order valence-corrected chi connectivity index (χ3v) is 15.2. The highest BCUT2D eigenvalue weighted by Gasteiger charge is 2.64. The van der Waals surface area contributed by atoms with E-state index in [1.54, 1.807) is 0 Å². The van der Waals surface area contributed by atoms with Gasteiger partial charge in [0.05, 0.1) is 0 Å². The zero-order chi connectivity index (χ0) is 19.8. The summed E-state index contributed by atoms with van der Waals surface area (Å²) < 4.78 is 5.74. The lowest BCUT2D eigenvalue weighted by molar-refractivity contribution is 0.232.